The number of hydrogen-bond acceptors (Lipinski definition) is 5. The van der Waals surface area contributed by atoms with Crippen LogP contribution in [0.4, 0.5) is 0 Å². The van der Waals surface area contributed by atoms with E-state index in [1.54, 1.807) is 0 Å². The van der Waals surface area contributed by atoms with Crippen molar-refractivity contribution in [2.75, 3.05) is 0 Å². The maximum atomic E-state index is 12.0. The van der Waals surface area contributed by atoms with E-state index in [1.807, 2.05) is 0 Å². The summed E-state index contributed by atoms with van der Waals surface area (Å²) in [6.07, 6.45) is 20.7. The van der Waals surface area contributed by atoms with Crippen LogP contribution in [0.2, 0.25) is 0 Å². The number of carbonyl (C=O) groups excluding carboxylic acids is 3. The molecule has 181 valence electrons. The van der Waals surface area contributed by atoms with E-state index < -0.39 is 11.9 Å². The minimum absolute atomic E-state index is 0. The Morgan fingerprint density at radius 3 is 2.03 bits per heavy atom. The average Bonchev–Trinajstić information content (AvgIpc) is 3.04. The predicted molar refractivity (Wildman–Crippen MR) is 121 cm³/mol. The Morgan fingerprint density at radius 1 is 0.812 bits per heavy atom. The van der Waals surface area contributed by atoms with Gasteiger partial charge in [0.1, 0.15) is 5.75 Å². The van der Waals surface area contributed by atoms with Gasteiger partial charge < -0.3 is 9.47 Å². The molecule has 1 aromatic rings. The molecule has 0 atom stereocenters. The zero-order valence-electron chi connectivity index (χ0n) is 19.1. The van der Waals surface area contributed by atoms with E-state index in [0.29, 0.717) is 6.42 Å². The van der Waals surface area contributed by atoms with Crippen LogP contribution in [0.25, 0.3) is 0 Å². The first-order valence-corrected chi connectivity index (χ1v) is 11.9. The van der Waals surface area contributed by atoms with Crippen molar-refractivity contribution in [2.45, 2.75) is 96.8 Å². The Morgan fingerprint density at radius 2 is 1.38 bits per heavy atom. The number of fused-ring (bicyclic) bond motifs is 1. The van der Waals surface area contributed by atoms with Gasteiger partial charge >= 0.3 is 17.9 Å². The second kappa shape index (κ2) is 16.7. The van der Waals surface area contributed by atoms with Gasteiger partial charge in [-0.15, -0.1) is 0 Å². The van der Waals surface area contributed by atoms with Crippen LogP contribution >= 0.6 is 0 Å². The van der Waals surface area contributed by atoms with Gasteiger partial charge in [-0.1, -0.05) is 70.4 Å². The molecule has 1 aromatic carbocycles. The molecule has 1 radical (unpaired) electrons. The molecular weight excluding hydrogens is 456 g/mol. The monoisotopic (exact) mass is 491 g/mol. The van der Waals surface area contributed by atoms with Crippen LogP contribution in [0.1, 0.15) is 118 Å². The third kappa shape index (κ3) is 10.6. The van der Waals surface area contributed by atoms with E-state index in [-0.39, 0.29) is 39.9 Å². The first kappa shape index (κ1) is 28.1. The Bertz CT molecular complexity index is 757. The van der Waals surface area contributed by atoms with Crippen molar-refractivity contribution in [1.82, 2.24) is 0 Å². The third-order valence-corrected chi connectivity index (χ3v) is 5.49. The Hall–Kier alpha value is -1.91. The van der Waals surface area contributed by atoms with Gasteiger partial charge in [-0.05, 0) is 50.3 Å². The van der Waals surface area contributed by atoms with Gasteiger partial charge in [-0.25, -0.2) is 9.59 Å². The molecule has 0 spiro atoms. The number of ether oxygens (including phenoxy) is 2. The van der Waals surface area contributed by atoms with E-state index in [1.165, 1.54) is 76.0 Å². The number of allylic oxidation sites excluding steroid dienone is 2. The summed E-state index contributed by atoms with van der Waals surface area (Å²) in [7, 11) is 0. The standard InChI is InChI=1S/C26H36O5.Cu/c1-2-3-4-5-6-7-8-9-10-11-12-13-14-15-16-17-24(27)30-21-18-19-22-23(20-21)26(29)31-25(22)28;/h9-10,18-20H,2-8,11-17H2,1H3;/b10-9-;. The van der Waals surface area contributed by atoms with Crippen LogP contribution in [0.15, 0.2) is 30.4 Å². The number of cyclic esters (lactones) is 2. The SMILES string of the molecule is CCCCCCCC/C=C\CCCCCCCC(=O)Oc1ccc2c(c1)C(=O)OC2=O.[Cu]. The average molecular weight is 492 g/mol. The van der Waals surface area contributed by atoms with Crippen molar-refractivity contribution in [3.63, 3.8) is 0 Å². The van der Waals surface area contributed by atoms with Gasteiger partial charge in [-0.3, -0.25) is 4.79 Å². The molecule has 0 aromatic heterocycles. The fourth-order valence-corrected chi connectivity index (χ4v) is 3.65. The Balaban J connectivity index is 0.00000512. The van der Waals surface area contributed by atoms with Gasteiger partial charge in [0.25, 0.3) is 0 Å². The first-order chi connectivity index (χ1) is 15.1. The molecule has 0 saturated heterocycles. The largest absolute Gasteiger partial charge is 0.427 e. The molecule has 0 N–H and O–H groups in total. The van der Waals surface area contributed by atoms with Crippen LogP contribution in [-0.2, 0) is 26.6 Å². The van der Waals surface area contributed by atoms with E-state index in [0.717, 1.165) is 25.7 Å². The molecule has 0 unspecified atom stereocenters. The molecule has 0 fully saturated rings. The van der Waals surface area contributed by atoms with E-state index in [9.17, 15) is 14.4 Å². The van der Waals surface area contributed by atoms with Crippen LogP contribution in [0, 0.1) is 0 Å². The molecule has 0 aliphatic carbocycles. The maximum Gasteiger partial charge on any atom is 0.347 e. The van der Waals surface area contributed by atoms with Crippen LogP contribution in [0.5, 0.6) is 5.75 Å². The summed E-state index contributed by atoms with van der Waals surface area (Å²) in [4.78, 5) is 35.0. The minimum atomic E-state index is -0.699. The van der Waals surface area contributed by atoms with Crippen LogP contribution in [0.3, 0.4) is 0 Å². The third-order valence-electron chi connectivity index (χ3n) is 5.49. The van der Waals surface area contributed by atoms with E-state index in [4.69, 9.17) is 4.74 Å². The van der Waals surface area contributed by atoms with Crippen molar-refractivity contribution in [3.05, 3.63) is 41.5 Å². The number of rotatable bonds is 16. The smallest absolute Gasteiger partial charge is 0.347 e. The fourth-order valence-electron chi connectivity index (χ4n) is 3.65. The molecule has 2 rings (SSSR count). The first-order valence-electron chi connectivity index (χ1n) is 11.9. The Labute approximate surface area is 202 Å². The summed E-state index contributed by atoms with van der Waals surface area (Å²) >= 11 is 0. The predicted octanol–water partition coefficient (Wildman–Crippen LogP) is 6.94. The molecule has 1 heterocycles. The summed E-state index contributed by atoms with van der Waals surface area (Å²) in [6, 6.07) is 4.35. The zero-order valence-corrected chi connectivity index (χ0v) is 20.1. The summed E-state index contributed by atoms with van der Waals surface area (Å²) in [5.41, 5.74) is 0.360. The fraction of sp³-hybridized carbons (Fsp3) is 0.577. The minimum Gasteiger partial charge on any atom is -0.427 e. The molecule has 1 aliphatic rings. The zero-order chi connectivity index (χ0) is 22.3. The number of benzene rings is 1. The summed E-state index contributed by atoms with van der Waals surface area (Å²) in [5, 5.41) is 0. The Kier molecular flexibility index (Phi) is 14.7. The summed E-state index contributed by atoms with van der Waals surface area (Å²) < 4.78 is 9.80. The van der Waals surface area contributed by atoms with E-state index >= 15 is 0 Å². The van der Waals surface area contributed by atoms with Crippen LogP contribution in [-0.4, -0.2) is 17.9 Å². The molecule has 5 nitrogen and oxygen atoms in total. The molecule has 0 bridgehead atoms. The molecule has 32 heavy (non-hydrogen) atoms. The molecule has 1 aliphatic heterocycles. The number of esters is 3. The van der Waals surface area contributed by atoms with Crippen molar-refractivity contribution in [2.24, 2.45) is 0 Å². The molecule has 0 saturated carbocycles. The number of hydrogen-bond donors (Lipinski definition) is 0. The summed E-state index contributed by atoms with van der Waals surface area (Å²) in [5.74, 6) is -1.42. The normalized spacial score (nSPS) is 12.5. The maximum absolute atomic E-state index is 12.0. The van der Waals surface area contributed by atoms with Crippen molar-refractivity contribution in [1.29, 1.82) is 0 Å². The quantitative estimate of drug-likeness (QED) is 0.0625. The number of unbranched alkanes of at least 4 members (excludes halogenated alkanes) is 11. The second-order valence-electron chi connectivity index (χ2n) is 8.19. The molecular formula is C26H36CuO5. The number of carbonyl (C=O) groups is 3. The van der Waals surface area contributed by atoms with Gasteiger partial charge in [-0.2, -0.15) is 0 Å². The second-order valence-corrected chi connectivity index (χ2v) is 8.19. The van der Waals surface area contributed by atoms with Crippen molar-refractivity contribution < 1.29 is 40.9 Å². The van der Waals surface area contributed by atoms with Gasteiger partial charge in [0, 0.05) is 23.5 Å². The van der Waals surface area contributed by atoms with Gasteiger partial charge in [0.2, 0.25) is 0 Å². The topological polar surface area (TPSA) is 69.7 Å². The molecule has 6 heteroatoms. The van der Waals surface area contributed by atoms with Gasteiger partial charge in [0.15, 0.2) is 0 Å². The van der Waals surface area contributed by atoms with Gasteiger partial charge in [0.05, 0.1) is 11.1 Å². The molecule has 0 amide bonds. The van der Waals surface area contributed by atoms with Crippen LogP contribution < -0.4 is 4.74 Å². The van der Waals surface area contributed by atoms with Crippen molar-refractivity contribution in [3.8, 4) is 5.75 Å². The van der Waals surface area contributed by atoms with Crippen molar-refractivity contribution >= 4 is 17.9 Å². The van der Waals surface area contributed by atoms with E-state index in [2.05, 4.69) is 23.8 Å². The summed E-state index contributed by atoms with van der Waals surface area (Å²) in [6.45, 7) is 2.25.